The van der Waals surface area contributed by atoms with Crippen molar-refractivity contribution in [2.24, 2.45) is 0 Å². The van der Waals surface area contributed by atoms with Crippen molar-refractivity contribution in [3.8, 4) is 0 Å². The van der Waals surface area contributed by atoms with Crippen LogP contribution >= 0.6 is 0 Å². The van der Waals surface area contributed by atoms with Crippen molar-refractivity contribution >= 4 is 0 Å². The van der Waals surface area contributed by atoms with Gasteiger partial charge in [-0.15, -0.1) is 0 Å². The van der Waals surface area contributed by atoms with E-state index in [1.165, 1.54) is 50.0 Å². The van der Waals surface area contributed by atoms with Crippen LogP contribution < -0.4 is 5.32 Å². The average molecular weight is 246 g/mol. The Morgan fingerprint density at radius 1 is 1.28 bits per heavy atom. The second-order valence-corrected chi connectivity index (χ2v) is 5.51. The maximum Gasteiger partial charge on any atom is 0.0234 e. The zero-order valence-electron chi connectivity index (χ0n) is 11.8. The fourth-order valence-electron chi connectivity index (χ4n) is 2.73. The molecule has 2 rings (SSSR count). The Labute approximate surface area is 111 Å². The standard InChI is InChI=1S/C16H26N2/c1-3-11-18(13-16-5-4-10-17-16)12-15-8-6-14(2)7-9-15/h6-9,16-17H,3-5,10-13H2,1-2H3. The Morgan fingerprint density at radius 3 is 2.67 bits per heavy atom. The minimum Gasteiger partial charge on any atom is -0.313 e. The van der Waals surface area contributed by atoms with E-state index >= 15 is 0 Å². The molecule has 1 atom stereocenters. The van der Waals surface area contributed by atoms with Crippen molar-refractivity contribution in [1.82, 2.24) is 10.2 Å². The highest BCUT2D eigenvalue weighted by Crippen LogP contribution is 2.11. The minimum absolute atomic E-state index is 0.710. The molecule has 0 aromatic heterocycles. The lowest BCUT2D eigenvalue weighted by Gasteiger charge is -2.25. The molecule has 18 heavy (non-hydrogen) atoms. The number of benzene rings is 1. The molecule has 2 nitrogen and oxygen atoms in total. The van der Waals surface area contributed by atoms with Gasteiger partial charge in [-0.1, -0.05) is 36.8 Å². The van der Waals surface area contributed by atoms with E-state index in [1.54, 1.807) is 0 Å². The third-order valence-corrected chi connectivity index (χ3v) is 3.71. The van der Waals surface area contributed by atoms with Crippen LogP contribution in [0.4, 0.5) is 0 Å². The van der Waals surface area contributed by atoms with Crippen molar-refractivity contribution in [2.45, 2.75) is 45.7 Å². The van der Waals surface area contributed by atoms with Crippen LogP contribution in [0.2, 0.25) is 0 Å². The maximum absolute atomic E-state index is 3.60. The molecule has 1 aliphatic rings. The fourth-order valence-corrected chi connectivity index (χ4v) is 2.73. The molecule has 1 heterocycles. The number of hydrogen-bond donors (Lipinski definition) is 1. The molecule has 1 aromatic rings. The average Bonchev–Trinajstić information content (AvgIpc) is 2.85. The molecule has 1 aromatic carbocycles. The lowest BCUT2D eigenvalue weighted by Crippen LogP contribution is -2.37. The normalized spacial score (nSPS) is 19.6. The molecule has 0 bridgehead atoms. The third kappa shape index (κ3) is 4.11. The number of nitrogens with zero attached hydrogens (tertiary/aromatic N) is 1. The first-order valence-corrected chi connectivity index (χ1v) is 7.29. The van der Waals surface area contributed by atoms with Gasteiger partial charge in [0.2, 0.25) is 0 Å². The van der Waals surface area contributed by atoms with Crippen LogP contribution in [0, 0.1) is 6.92 Å². The second kappa shape index (κ2) is 6.91. The van der Waals surface area contributed by atoms with Crippen LogP contribution in [0.5, 0.6) is 0 Å². The first-order valence-electron chi connectivity index (χ1n) is 7.29. The van der Waals surface area contributed by atoms with Gasteiger partial charge in [0.05, 0.1) is 0 Å². The van der Waals surface area contributed by atoms with Gasteiger partial charge in [-0.2, -0.15) is 0 Å². The molecule has 1 unspecified atom stereocenters. The van der Waals surface area contributed by atoms with Gasteiger partial charge in [-0.05, 0) is 44.8 Å². The van der Waals surface area contributed by atoms with E-state index in [1.807, 2.05) is 0 Å². The van der Waals surface area contributed by atoms with E-state index < -0.39 is 0 Å². The second-order valence-electron chi connectivity index (χ2n) is 5.51. The monoisotopic (exact) mass is 246 g/mol. The summed E-state index contributed by atoms with van der Waals surface area (Å²) in [6, 6.07) is 9.67. The van der Waals surface area contributed by atoms with Gasteiger partial charge in [0.15, 0.2) is 0 Å². The molecule has 0 saturated carbocycles. The smallest absolute Gasteiger partial charge is 0.0234 e. The van der Waals surface area contributed by atoms with Gasteiger partial charge in [-0.25, -0.2) is 0 Å². The Bertz CT molecular complexity index is 339. The van der Waals surface area contributed by atoms with Crippen molar-refractivity contribution in [3.63, 3.8) is 0 Å². The summed E-state index contributed by atoms with van der Waals surface area (Å²) in [7, 11) is 0. The van der Waals surface area contributed by atoms with E-state index in [0.717, 1.165) is 6.54 Å². The molecular weight excluding hydrogens is 220 g/mol. The Morgan fingerprint density at radius 2 is 2.06 bits per heavy atom. The highest BCUT2D eigenvalue weighted by atomic mass is 15.1. The van der Waals surface area contributed by atoms with Crippen LogP contribution in [0.15, 0.2) is 24.3 Å². The summed E-state index contributed by atoms with van der Waals surface area (Å²) in [5.74, 6) is 0. The Kier molecular flexibility index (Phi) is 5.21. The zero-order chi connectivity index (χ0) is 12.8. The number of hydrogen-bond acceptors (Lipinski definition) is 2. The van der Waals surface area contributed by atoms with Crippen LogP contribution in [0.3, 0.4) is 0 Å². The van der Waals surface area contributed by atoms with Gasteiger partial charge in [0.25, 0.3) is 0 Å². The quantitative estimate of drug-likeness (QED) is 0.830. The Hall–Kier alpha value is -0.860. The third-order valence-electron chi connectivity index (χ3n) is 3.71. The van der Waals surface area contributed by atoms with Crippen LogP contribution in [0.25, 0.3) is 0 Å². The molecule has 1 N–H and O–H groups in total. The lowest BCUT2D eigenvalue weighted by molar-refractivity contribution is 0.241. The summed E-state index contributed by atoms with van der Waals surface area (Å²) in [5.41, 5.74) is 2.78. The van der Waals surface area contributed by atoms with Crippen molar-refractivity contribution in [2.75, 3.05) is 19.6 Å². The van der Waals surface area contributed by atoms with Crippen LogP contribution in [0.1, 0.15) is 37.3 Å². The number of rotatable bonds is 6. The molecule has 100 valence electrons. The van der Waals surface area contributed by atoms with Crippen molar-refractivity contribution in [1.29, 1.82) is 0 Å². The van der Waals surface area contributed by atoms with Crippen molar-refractivity contribution in [3.05, 3.63) is 35.4 Å². The lowest BCUT2D eigenvalue weighted by atomic mass is 10.1. The fraction of sp³-hybridized carbons (Fsp3) is 0.625. The summed E-state index contributed by atoms with van der Waals surface area (Å²) in [6.45, 7) is 9.11. The van der Waals surface area contributed by atoms with E-state index in [4.69, 9.17) is 0 Å². The van der Waals surface area contributed by atoms with E-state index in [0.29, 0.717) is 6.04 Å². The van der Waals surface area contributed by atoms with Crippen LogP contribution in [-0.4, -0.2) is 30.6 Å². The molecule has 0 spiro atoms. The molecule has 1 fully saturated rings. The number of nitrogens with one attached hydrogen (secondary N) is 1. The summed E-state index contributed by atoms with van der Waals surface area (Å²) in [4.78, 5) is 2.59. The topological polar surface area (TPSA) is 15.3 Å². The molecule has 1 saturated heterocycles. The highest BCUT2D eigenvalue weighted by molar-refractivity contribution is 5.21. The SMILES string of the molecule is CCCN(Cc1ccc(C)cc1)CC1CCCN1. The zero-order valence-corrected chi connectivity index (χ0v) is 11.8. The predicted molar refractivity (Wildman–Crippen MR) is 77.8 cm³/mol. The molecule has 0 aliphatic carbocycles. The first kappa shape index (κ1) is 13.6. The predicted octanol–water partition coefficient (Wildman–Crippen LogP) is 2.96. The van der Waals surface area contributed by atoms with Crippen LogP contribution in [-0.2, 0) is 6.54 Å². The molecule has 1 aliphatic heterocycles. The molecule has 0 radical (unpaired) electrons. The highest BCUT2D eigenvalue weighted by Gasteiger charge is 2.17. The molecular formula is C16H26N2. The van der Waals surface area contributed by atoms with E-state index in [2.05, 4.69) is 48.3 Å². The largest absolute Gasteiger partial charge is 0.313 e. The summed E-state index contributed by atoms with van der Waals surface area (Å²) in [6.07, 6.45) is 3.92. The van der Waals surface area contributed by atoms with Crippen molar-refractivity contribution < 1.29 is 0 Å². The number of aryl methyl sites for hydroxylation is 1. The molecule has 0 amide bonds. The van der Waals surface area contributed by atoms with Gasteiger partial charge in [0, 0.05) is 19.1 Å². The maximum atomic E-state index is 3.60. The summed E-state index contributed by atoms with van der Waals surface area (Å²) in [5, 5.41) is 3.60. The van der Waals surface area contributed by atoms with E-state index in [-0.39, 0.29) is 0 Å². The van der Waals surface area contributed by atoms with Gasteiger partial charge in [-0.3, -0.25) is 4.90 Å². The van der Waals surface area contributed by atoms with Gasteiger partial charge < -0.3 is 5.32 Å². The minimum atomic E-state index is 0.710. The summed E-state index contributed by atoms with van der Waals surface area (Å²) >= 11 is 0. The summed E-state index contributed by atoms with van der Waals surface area (Å²) < 4.78 is 0. The Balaban J connectivity index is 1.90. The van der Waals surface area contributed by atoms with Gasteiger partial charge >= 0.3 is 0 Å². The van der Waals surface area contributed by atoms with Gasteiger partial charge in [0.1, 0.15) is 0 Å². The van der Waals surface area contributed by atoms with E-state index in [9.17, 15) is 0 Å². The first-order chi connectivity index (χ1) is 8.78. The molecule has 2 heteroatoms.